The second-order valence-electron chi connectivity index (χ2n) is 5.84. The summed E-state index contributed by atoms with van der Waals surface area (Å²) in [6.45, 7) is 5.74. The topological polar surface area (TPSA) is 43.4 Å². The van der Waals surface area contributed by atoms with Gasteiger partial charge in [-0.3, -0.25) is 0 Å². The average molecular weight is 317 g/mol. The molecule has 0 aromatic heterocycles. The molecule has 1 aliphatic carbocycles. The van der Waals surface area contributed by atoms with Crippen LogP contribution in [0.3, 0.4) is 0 Å². The molecule has 0 aliphatic heterocycles. The summed E-state index contributed by atoms with van der Waals surface area (Å²) in [5.41, 5.74) is 1.28. The van der Waals surface area contributed by atoms with Gasteiger partial charge in [0, 0.05) is 10.7 Å². The molecule has 5 heteroatoms. The van der Waals surface area contributed by atoms with Gasteiger partial charge in [0.15, 0.2) is 0 Å². The molecule has 20 heavy (non-hydrogen) atoms. The molecule has 0 bridgehead atoms. The van der Waals surface area contributed by atoms with Gasteiger partial charge in [0.05, 0.1) is 11.0 Å². The number of halogens is 1. The van der Waals surface area contributed by atoms with Gasteiger partial charge in [0.2, 0.25) is 0 Å². The summed E-state index contributed by atoms with van der Waals surface area (Å²) < 4.78 is 29.1. The summed E-state index contributed by atoms with van der Waals surface area (Å²) in [7, 11) is 1.76. The van der Waals surface area contributed by atoms with Gasteiger partial charge in [-0.25, -0.2) is 8.42 Å². The quantitative estimate of drug-likeness (QED) is 0.785. The molecule has 2 rings (SSSR count). The van der Waals surface area contributed by atoms with E-state index in [2.05, 4.69) is 6.92 Å². The van der Waals surface area contributed by atoms with Crippen LogP contribution >= 0.6 is 10.7 Å². The van der Waals surface area contributed by atoms with Crippen molar-refractivity contribution in [1.82, 2.24) is 0 Å². The molecule has 3 nitrogen and oxygen atoms in total. The number of ether oxygens (including phenoxy) is 1. The Morgan fingerprint density at radius 1 is 1.20 bits per heavy atom. The molecule has 0 saturated heterocycles. The number of hydrogen-bond acceptors (Lipinski definition) is 3. The number of hydrogen-bond donors (Lipinski definition) is 0. The fourth-order valence-electron chi connectivity index (χ4n) is 3.04. The first kappa shape index (κ1) is 15.6. The minimum absolute atomic E-state index is 0.198. The second kappa shape index (κ2) is 5.94. The van der Waals surface area contributed by atoms with Gasteiger partial charge in [-0.2, -0.15) is 0 Å². The predicted molar refractivity (Wildman–Crippen MR) is 81.0 cm³/mol. The third kappa shape index (κ3) is 3.67. The van der Waals surface area contributed by atoms with E-state index in [-0.39, 0.29) is 11.0 Å². The van der Waals surface area contributed by atoms with E-state index in [0.717, 1.165) is 18.6 Å². The first-order valence-electron chi connectivity index (χ1n) is 7.00. The lowest BCUT2D eigenvalue weighted by atomic mass is 9.89. The van der Waals surface area contributed by atoms with E-state index in [9.17, 15) is 8.42 Å². The average Bonchev–Trinajstić information content (AvgIpc) is 2.25. The molecule has 0 N–H and O–H groups in total. The summed E-state index contributed by atoms with van der Waals surface area (Å²) in [5, 5.41) is 0. The van der Waals surface area contributed by atoms with Crippen LogP contribution in [-0.2, 0) is 9.05 Å². The van der Waals surface area contributed by atoms with Crippen LogP contribution in [0, 0.1) is 19.8 Å². The summed E-state index contributed by atoms with van der Waals surface area (Å²) in [6, 6.07) is 3.53. The van der Waals surface area contributed by atoms with Crippen molar-refractivity contribution in [2.24, 2.45) is 5.92 Å². The van der Waals surface area contributed by atoms with E-state index in [1.54, 1.807) is 26.0 Å². The van der Waals surface area contributed by atoms with Crippen LogP contribution in [0.2, 0.25) is 0 Å². The standard InChI is InChI=1S/C15H21ClO3S/c1-10-5-4-6-13(7-10)19-14-8-11(2)15(12(3)9-14)20(16,17)18/h8-10,13H,4-7H2,1-3H3. The van der Waals surface area contributed by atoms with Gasteiger partial charge < -0.3 is 4.74 Å². The van der Waals surface area contributed by atoms with Crippen molar-refractivity contribution in [2.45, 2.75) is 57.5 Å². The number of rotatable bonds is 3. The highest BCUT2D eigenvalue weighted by Crippen LogP contribution is 2.31. The van der Waals surface area contributed by atoms with Gasteiger partial charge >= 0.3 is 0 Å². The lowest BCUT2D eigenvalue weighted by Gasteiger charge is -2.27. The Hall–Kier alpha value is -0.740. The Kier molecular flexibility index (Phi) is 4.65. The van der Waals surface area contributed by atoms with Crippen molar-refractivity contribution in [1.29, 1.82) is 0 Å². The normalized spacial score (nSPS) is 23.6. The molecule has 0 amide bonds. The van der Waals surface area contributed by atoms with Crippen molar-refractivity contribution < 1.29 is 13.2 Å². The molecular formula is C15H21ClO3S. The summed E-state index contributed by atoms with van der Waals surface area (Å²) >= 11 is 0. The lowest BCUT2D eigenvalue weighted by Crippen LogP contribution is -2.24. The molecule has 0 radical (unpaired) electrons. The molecule has 1 saturated carbocycles. The van der Waals surface area contributed by atoms with Crippen molar-refractivity contribution >= 4 is 19.7 Å². The third-order valence-electron chi connectivity index (χ3n) is 3.87. The zero-order valence-corrected chi connectivity index (χ0v) is 13.7. The Balaban J connectivity index is 2.22. The zero-order chi connectivity index (χ0) is 14.9. The van der Waals surface area contributed by atoms with Crippen molar-refractivity contribution in [3.8, 4) is 5.75 Å². The van der Waals surface area contributed by atoms with E-state index in [0.29, 0.717) is 17.0 Å². The van der Waals surface area contributed by atoms with E-state index < -0.39 is 9.05 Å². The Labute approximate surface area is 125 Å². The van der Waals surface area contributed by atoms with Gasteiger partial charge in [0.1, 0.15) is 5.75 Å². The maximum absolute atomic E-state index is 11.5. The fourth-order valence-corrected chi connectivity index (χ4v) is 4.66. The highest BCUT2D eigenvalue weighted by Gasteiger charge is 2.22. The molecule has 0 spiro atoms. The zero-order valence-electron chi connectivity index (χ0n) is 12.1. The molecule has 2 unspecified atom stereocenters. The first-order chi connectivity index (χ1) is 9.27. The van der Waals surface area contributed by atoms with E-state index in [1.807, 2.05) is 0 Å². The van der Waals surface area contributed by atoms with Gasteiger partial charge in [-0.15, -0.1) is 0 Å². The Bertz CT molecular complexity index is 572. The van der Waals surface area contributed by atoms with Crippen LogP contribution in [-0.4, -0.2) is 14.5 Å². The third-order valence-corrected chi connectivity index (χ3v) is 5.46. The number of aryl methyl sites for hydroxylation is 2. The van der Waals surface area contributed by atoms with Crippen LogP contribution in [0.1, 0.15) is 43.7 Å². The minimum atomic E-state index is -3.71. The molecular weight excluding hydrogens is 296 g/mol. The molecule has 0 heterocycles. The van der Waals surface area contributed by atoms with E-state index in [1.165, 1.54) is 12.8 Å². The molecule has 2 atom stereocenters. The monoisotopic (exact) mass is 316 g/mol. The van der Waals surface area contributed by atoms with Gasteiger partial charge in [-0.1, -0.05) is 13.3 Å². The van der Waals surface area contributed by atoms with Crippen molar-refractivity contribution in [3.05, 3.63) is 23.3 Å². The van der Waals surface area contributed by atoms with Crippen molar-refractivity contribution in [2.75, 3.05) is 0 Å². The summed E-state index contributed by atoms with van der Waals surface area (Å²) in [6.07, 6.45) is 4.82. The fraction of sp³-hybridized carbons (Fsp3) is 0.600. The molecule has 1 aromatic carbocycles. The highest BCUT2D eigenvalue weighted by atomic mass is 35.7. The van der Waals surface area contributed by atoms with Crippen LogP contribution in [0.15, 0.2) is 17.0 Å². The smallest absolute Gasteiger partial charge is 0.261 e. The minimum Gasteiger partial charge on any atom is -0.490 e. The molecule has 1 aromatic rings. The molecule has 112 valence electrons. The Morgan fingerprint density at radius 2 is 1.80 bits per heavy atom. The van der Waals surface area contributed by atoms with Crippen LogP contribution < -0.4 is 4.74 Å². The van der Waals surface area contributed by atoms with Crippen molar-refractivity contribution in [3.63, 3.8) is 0 Å². The molecule has 1 aliphatic rings. The predicted octanol–water partition coefficient (Wildman–Crippen LogP) is 4.19. The summed E-state index contributed by atoms with van der Waals surface area (Å²) in [5.74, 6) is 1.43. The Morgan fingerprint density at radius 3 is 2.30 bits per heavy atom. The van der Waals surface area contributed by atoms with Gasteiger partial charge in [0.25, 0.3) is 9.05 Å². The van der Waals surface area contributed by atoms with E-state index in [4.69, 9.17) is 15.4 Å². The number of benzene rings is 1. The lowest BCUT2D eigenvalue weighted by molar-refractivity contribution is 0.129. The van der Waals surface area contributed by atoms with Crippen LogP contribution in [0.5, 0.6) is 5.75 Å². The van der Waals surface area contributed by atoms with Gasteiger partial charge in [-0.05, 0) is 62.3 Å². The maximum atomic E-state index is 11.5. The SMILES string of the molecule is Cc1cc(OC2CCCC(C)C2)cc(C)c1S(=O)(=O)Cl. The second-order valence-corrected chi connectivity index (χ2v) is 8.34. The molecule has 1 fully saturated rings. The maximum Gasteiger partial charge on any atom is 0.261 e. The highest BCUT2D eigenvalue weighted by molar-refractivity contribution is 8.13. The van der Waals surface area contributed by atoms with Crippen LogP contribution in [0.25, 0.3) is 0 Å². The largest absolute Gasteiger partial charge is 0.490 e. The summed E-state index contributed by atoms with van der Waals surface area (Å²) in [4.78, 5) is 0.198. The first-order valence-corrected chi connectivity index (χ1v) is 9.31. The van der Waals surface area contributed by atoms with E-state index >= 15 is 0 Å². The van der Waals surface area contributed by atoms with Crippen LogP contribution in [0.4, 0.5) is 0 Å².